The van der Waals surface area contributed by atoms with E-state index in [-0.39, 0.29) is 10.8 Å². The number of nitrogens with zero attached hydrogens (tertiary/aromatic N) is 2. The van der Waals surface area contributed by atoms with Gasteiger partial charge in [0.25, 0.3) is 10.0 Å². The lowest BCUT2D eigenvalue weighted by Crippen LogP contribution is -2.53. The zero-order valence-corrected chi connectivity index (χ0v) is 11.8. The maximum Gasteiger partial charge on any atom is 0.261 e. The topological polar surface area (TPSA) is 133 Å². The second-order valence-corrected chi connectivity index (χ2v) is 6.42. The van der Waals surface area contributed by atoms with E-state index in [0.717, 1.165) is 0 Å². The number of amides is 1. The fourth-order valence-electron chi connectivity index (χ4n) is 1.69. The molecule has 2 aromatic rings. The predicted molar refractivity (Wildman–Crippen MR) is 73.2 cm³/mol. The van der Waals surface area contributed by atoms with Crippen LogP contribution >= 0.6 is 0 Å². The number of rotatable bonds is 4. The summed E-state index contributed by atoms with van der Waals surface area (Å²) in [6, 6.07) is 4.97. The molecule has 0 aliphatic carbocycles. The number of nitrogens with two attached hydrogens (primary N) is 2. The minimum absolute atomic E-state index is 0.149. The number of carbonyl (C=O) groups is 1. The number of primary amides is 1. The van der Waals surface area contributed by atoms with Crippen LogP contribution in [-0.2, 0) is 14.8 Å². The monoisotopic (exact) mass is 297 g/mol. The first-order valence-corrected chi connectivity index (χ1v) is 7.20. The lowest BCUT2D eigenvalue weighted by molar-refractivity contribution is -0.122. The molecule has 0 atom stereocenters. The third kappa shape index (κ3) is 2.32. The van der Waals surface area contributed by atoms with E-state index in [4.69, 9.17) is 11.5 Å². The highest BCUT2D eigenvalue weighted by atomic mass is 32.2. The van der Waals surface area contributed by atoms with Crippen LogP contribution in [0.5, 0.6) is 0 Å². The number of hydrogen-bond acceptors (Lipinski definition) is 5. The predicted octanol–water partition coefficient (Wildman–Crippen LogP) is -0.541. The number of aromatic nitrogens is 2. The van der Waals surface area contributed by atoms with Gasteiger partial charge in [-0.15, -0.1) is 0 Å². The molecule has 0 fully saturated rings. The highest BCUT2D eigenvalue weighted by molar-refractivity contribution is 7.89. The maximum atomic E-state index is 12.4. The van der Waals surface area contributed by atoms with Crippen molar-refractivity contribution in [3.8, 4) is 0 Å². The molecule has 2 aromatic heterocycles. The van der Waals surface area contributed by atoms with Gasteiger partial charge in [-0.1, -0.05) is 6.07 Å². The van der Waals surface area contributed by atoms with Crippen LogP contribution in [0.25, 0.3) is 5.65 Å². The van der Waals surface area contributed by atoms with Crippen LogP contribution in [0.1, 0.15) is 13.8 Å². The minimum Gasteiger partial charge on any atom is -0.381 e. The Morgan fingerprint density at radius 1 is 1.40 bits per heavy atom. The number of nitrogens with one attached hydrogen (secondary N) is 1. The second-order valence-electron chi connectivity index (χ2n) is 4.83. The summed E-state index contributed by atoms with van der Waals surface area (Å²) in [6.07, 6.45) is 1.52. The Bertz CT molecular complexity index is 778. The van der Waals surface area contributed by atoms with Crippen molar-refractivity contribution >= 4 is 27.4 Å². The number of sulfonamides is 1. The molecular weight excluding hydrogens is 282 g/mol. The Hall–Kier alpha value is -2.13. The Morgan fingerprint density at radius 3 is 2.65 bits per heavy atom. The van der Waals surface area contributed by atoms with Crippen LogP contribution in [0.15, 0.2) is 29.4 Å². The van der Waals surface area contributed by atoms with Crippen LogP contribution < -0.4 is 16.2 Å². The second kappa shape index (κ2) is 4.46. The lowest BCUT2D eigenvalue weighted by Gasteiger charge is -2.21. The Morgan fingerprint density at radius 2 is 2.05 bits per heavy atom. The van der Waals surface area contributed by atoms with Gasteiger partial charge < -0.3 is 11.5 Å². The molecule has 0 saturated carbocycles. The van der Waals surface area contributed by atoms with Gasteiger partial charge in [-0.2, -0.15) is 4.72 Å². The SMILES string of the molecule is CC(C)(NS(=O)(=O)c1c(N)nc2ccccn12)C(N)=O. The van der Waals surface area contributed by atoms with Crippen molar-refractivity contribution in [3.05, 3.63) is 24.4 Å². The quantitative estimate of drug-likeness (QED) is 0.697. The van der Waals surface area contributed by atoms with Crippen molar-refractivity contribution in [2.75, 3.05) is 5.73 Å². The molecule has 20 heavy (non-hydrogen) atoms. The summed E-state index contributed by atoms with van der Waals surface area (Å²) in [4.78, 5) is 15.2. The fourth-order valence-corrected chi connectivity index (χ4v) is 3.30. The van der Waals surface area contributed by atoms with Gasteiger partial charge in [-0.05, 0) is 26.0 Å². The summed E-state index contributed by atoms with van der Waals surface area (Å²) in [6.45, 7) is 2.73. The zero-order valence-electron chi connectivity index (χ0n) is 11.0. The average molecular weight is 297 g/mol. The number of anilines is 1. The maximum absolute atomic E-state index is 12.4. The van der Waals surface area contributed by atoms with Crippen LogP contribution in [0.3, 0.4) is 0 Å². The number of carbonyl (C=O) groups excluding carboxylic acids is 1. The molecule has 2 rings (SSSR count). The van der Waals surface area contributed by atoms with E-state index in [0.29, 0.717) is 5.65 Å². The summed E-state index contributed by atoms with van der Waals surface area (Å²) in [7, 11) is -4.05. The highest BCUT2D eigenvalue weighted by Gasteiger charge is 2.34. The minimum atomic E-state index is -4.05. The van der Waals surface area contributed by atoms with Crippen molar-refractivity contribution in [3.63, 3.8) is 0 Å². The van der Waals surface area contributed by atoms with Gasteiger partial charge in [0.05, 0.1) is 0 Å². The lowest BCUT2D eigenvalue weighted by atomic mass is 10.1. The largest absolute Gasteiger partial charge is 0.381 e. The Labute approximate surface area is 115 Å². The molecule has 8 nitrogen and oxygen atoms in total. The highest BCUT2D eigenvalue weighted by Crippen LogP contribution is 2.21. The third-order valence-corrected chi connectivity index (χ3v) is 4.47. The van der Waals surface area contributed by atoms with E-state index in [9.17, 15) is 13.2 Å². The molecule has 1 amide bonds. The molecule has 0 bridgehead atoms. The Kier molecular flexibility index (Phi) is 3.18. The number of fused-ring (bicyclic) bond motifs is 1. The van der Waals surface area contributed by atoms with E-state index in [1.807, 2.05) is 0 Å². The number of imidazole rings is 1. The summed E-state index contributed by atoms with van der Waals surface area (Å²) in [5.41, 5.74) is 9.78. The number of nitrogen functional groups attached to an aromatic ring is 1. The van der Waals surface area contributed by atoms with Gasteiger partial charge in [-0.25, -0.2) is 13.4 Å². The van der Waals surface area contributed by atoms with E-state index in [1.54, 1.807) is 18.2 Å². The molecule has 0 aliphatic rings. The van der Waals surface area contributed by atoms with E-state index in [1.165, 1.54) is 24.4 Å². The average Bonchev–Trinajstić information content (AvgIpc) is 2.63. The molecule has 9 heteroatoms. The van der Waals surface area contributed by atoms with Gasteiger partial charge in [0.2, 0.25) is 5.91 Å². The van der Waals surface area contributed by atoms with Gasteiger partial charge >= 0.3 is 0 Å². The van der Waals surface area contributed by atoms with Gasteiger partial charge in [0.15, 0.2) is 10.8 Å². The van der Waals surface area contributed by atoms with Crippen LogP contribution in [0.4, 0.5) is 5.82 Å². The van der Waals surface area contributed by atoms with E-state index >= 15 is 0 Å². The summed E-state index contributed by atoms with van der Waals surface area (Å²) >= 11 is 0. The van der Waals surface area contributed by atoms with E-state index in [2.05, 4.69) is 9.71 Å². The molecule has 2 heterocycles. The summed E-state index contributed by atoms with van der Waals surface area (Å²) in [5.74, 6) is -0.947. The third-order valence-electron chi connectivity index (χ3n) is 2.77. The first kappa shape index (κ1) is 14.3. The van der Waals surface area contributed by atoms with Gasteiger partial charge in [0, 0.05) is 6.20 Å². The van der Waals surface area contributed by atoms with E-state index < -0.39 is 21.5 Å². The number of pyridine rings is 1. The molecular formula is C11H15N5O3S. The first-order valence-electron chi connectivity index (χ1n) is 5.71. The van der Waals surface area contributed by atoms with Gasteiger partial charge in [0.1, 0.15) is 11.2 Å². The normalized spacial score (nSPS) is 12.7. The molecule has 0 aromatic carbocycles. The molecule has 0 radical (unpaired) electrons. The molecule has 0 unspecified atom stereocenters. The van der Waals surface area contributed by atoms with Crippen molar-refractivity contribution in [1.82, 2.24) is 14.1 Å². The van der Waals surface area contributed by atoms with Crippen molar-refractivity contribution in [2.45, 2.75) is 24.4 Å². The smallest absolute Gasteiger partial charge is 0.261 e. The zero-order chi connectivity index (χ0) is 15.1. The molecule has 0 saturated heterocycles. The molecule has 0 aliphatic heterocycles. The summed E-state index contributed by atoms with van der Waals surface area (Å²) < 4.78 is 28.3. The summed E-state index contributed by atoms with van der Waals surface area (Å²) in [5, 5.41) is -0.220. The first-order chi connectivity index (χ1) is 9.15. The standard InChI is InChI=1S/C11H15N5O3S/c1-11(2,10(13)17)15-20(18,19)9-8(12)14-7-5-3-4-6-16(7)9/h3-6,15H,12H2,1-2H3,(H2,13,17). The molecule has 5 N–H and O–H groups in total. The fraction of sp³-hybridized carbons (Fsp3) is 0.273. The van der Waals surface area contributed by atoms with Crippen molar-refractivity contribution in [1.29, 1.82) is 0 Å². The van der Waals surface area contributed by atoms with Crippen molar-refractivity contribution in [2.24, 2.45) is 5.73 Å². The molecule has 0 spiro atoms. The van der Waals surface area contributed by atoms with Crippen LogP contribution in [-0.4, -0.2) is 29.2 Å². The molecule has 108 valence electrons. The Balaban J connectivity index is 2.58. The van der Waals surface area contributed by atoms with Crippen LogP contribution in [0.2, 0.25) is 0 Å². The number of hydrogen-bond donors (Lipinski definition) is 3. The van der Waals surface area contributed by atoms with Crippen molar-refractivity contribution < 1.29 is 13.2 Å². The van der Waals surface area contributed by atoms with Gasteiger partial charge in [-0.3, -0.25) is 9.20 Å². The van der Waals surface area contributed by atoms with Crippen LogP contribution in [0, 0.1) is 0 Å².